The average Bonchev–Trinajstić information content (AvgIpc) is 2.76. The number of hydrogen-bond donors (Lipinski definition) is 2. The van der Waals surface area contributed by atoms with Crippen LogP contribution in [0.4, 0.5) is 0 Å². The number of β-lactam (4-membered cyclic amide) rings is 1. The van der Waals surface area contributed by atoms with E-state index in [1.165, 1.54) is 16.7 Å². The molecule has 0 radical (unpaired) electrons. The summed E-state index contributed by atoms with van der Waals surface area (Å²) in [6.07, 6.45) is 0. The lowest BCUT2D eigenvalue weighted by atomic mass is 9.98. The molecule has 0 unspecified atom stereocenters. The van der Waals surface area contributed by atoms with Gasteiger partial charge in [0.25, 0.3) is 5.91 Å². The molecule has 32 heavy (non-hydrogen) atoms. The maximum Gasteiger partial charge on any atom is 0.357 e. The number of benzene rings is 1. The number of carbonyl (C=O) groups is 4. The van der Waals surface area contributed by atoms with Crippen LogP contribution in [0.15, 0.2) is 41.6 Å². The Bertz CT molecular complexity index is 956. The molecule has 1 aromatic carbocycles. The quantitative estimate of drug-likeness (QED) is 0.370. The summed E-state index contributed by atoms with van der Waals surface area (Å²) in [6, 6.07) is 7.14. The number of hydrogen-bond acceptors (Lipinski definition) is 8. The summed E-state index contributed by atoms with van der Waals surface area (Å²) in [6.45, 7) is 6.24. The minimum absolute atomic E-state index is 0.114. The minimum atomic E-state index is -0.911. The molecule has 0 saturated carbocycles. The van der Waals surface area contributed by atoms with Gasteiger partial charge >= 0.3 is 11.9 Å². The molecule has 0 aromatic heterocycles. The summed E-state index contributed by atoms with van der Waals surface area (Å²) >= 11 is 1.43. The van der Waals surface area contributed by atoms with E-state index in [4.69, 9.17) is 15.2 Å². The molecule has 3 rings (SSSR count). The van der Waals surface area contributed by atoms with E-state index < -0.39 is 53.4 Å². The molecule has 9 nitrogen and oxygen atoms in total. The van der Waals surface area contributed by atoms with E-state index in [0.29, 0.717) is 16.9 Å². The van der Waals surface area contributed by atoms with Crippen LogP contribution in [0.3, 0.4) is 0 Å². The Hall–Kier alpha value is -2.85. The van der Waals surface area contributed by atoms with Crippen molar-refractivity contribution in [3.05, 3.63) is 47.2 Å². The van der Waals surface area contributed by atoms with E-state index in [-0.39, 0.29) is 5.70 Å². The van der Waals surface area contributed by atoms with Crippen LogP contribution in [-0.4, -0.2) is 52.6 Å². The second-order valence-corrected chi connectivity index (χ2v) is 9.75. The van der Waals surface area contributed by atoms with Crippen molar-refractivity contribution in [2.75, 3.05) is 12.5 Å². The van der Waals surface area contributed by atoms with Gasteiger partial charge in [-0.1, -0.05) is 30.3 Å². The third-order valence-corrected chi connectivity index (χ3v) is 6.51. The normalized spacial score (nSPS) is 21.3. The summed E-state index contributed by atoms with van der Waals surface area (Å²) < 4.78 is 10.0. The zero-order valence-electron chi connectivity index (χ0n) is 18.4. The SMILES string of the molecule is CC1=C(C(=O)OCOC(=O)C(C)(C)C)N2C(=O)[C@@H](NC(=O)[C@@H](N)c3ccccc3)[C@H]2SC1. The molecule has 0 bridgehead atoms. The fraction of sp³-hybridized carbons (Fsp3) is 0.455. The lowest BCUT2D eigenvalue weighted by Gasteiger charge is -2.49. The van der Waals surface area contributed by atoms with Crippen molar-refractivity contribution >= 4 is 35.5 Å². The van der Waals surface area contributed by atoms with Crippen LogP contribution < -0.4 is 11.1 Å². The topological polar surface area (TPSA) is 128 Å². The van der Waals surface area contributed by atoms with Crippen molar-refractivity contribution < 1.29 is 28.7 Å². The molecule has 1 saturated heterocycles. The Morgan fingerprint density at radius 1 is 1.22 bits per heavy atom. The molecule has 0 spiro atoms. The van der Waals surface area contributed by atoms with Crippen LogP contribution in [0.25, 0.3) is 0 Å². The highest BCUT2D eigenvalue weighted by atomic mass is 32.2. The summed E-state index contributed by atoms with van der Waals surface area (Å²) in [5.41, 5.74) is 6.70. The number of ether oxygens (including phenoxy) is 2. The van der Waals surface area contributed by atoms with E-state index in [2.05, 4.69) is 5.32 Å². The van der Waals surface area contributed by atoms with Crippen molar-refractivity contribution in [3.63, 3.8) is 0 Å². The van der Waals surface area contributed by atoms with Crippen molar-refractivity contribution in [1.29, 1.82) is 0 Å². The first-order chi connectivity index (χ1) is 15.0. The molecule has 3 N–H and O–H groups in total. The third-order valence-electron chi connectivity index (χ3n) is 5.08. The smallest absolute Gasteiger partial charge is 0.357 e. The first-order valence-corrected chi connectivity index (χ1v) is 11.2. The molecule has 2 aliphatic rings. The standard InChI is InChI=1S/C22H27N3O6S/c1-12-10-32-19-15(24-17(26)14(23)13-8-6-5-7-9-13)18(27)25(19)16(12)20(28)30-11-31-21(29)22(2,3)4/h5-9,14-15,19H,10-11,23H2,1-4H3,(H,24,26)/t14-,15+,19+/m0/s1. The second-order valence-electron chi connectivity index (χ2n) is 8.64. The number of esters is 2. The maximum absolute atomic E-state index is 12.8. The summed E-state index contributed by atoms with van der Waals surface area (Å²) in [5, 5.41) is 2.25. The number of fused-ring (bicyclic) bond motifs is 1. The van der Waals surface area contributed by atoms with Crippen LogP contribution in [0, 0.1) is 5.41 Å². The predicted molar refractivity (Wildman–Crippen MR) is 118 cm³/mol. The molecule has 2 aliphatic heterocycles. The Kier molecular flexibility index (Phi) is 6.94. The predicted octanol–water partition coefficient (Wildman–Crippen LogP) is 1.45. The van der Waals surface area contributed by atoms with Gasteiger partial charge in [-0.05, 0) is 38.8 Å². The number of nitrogens with two attached hydrogens (primary N) is 1. The van der Waals surface area contributed by atoms with Crippen LogP contribution in [0.2, 0.25) is 0 Å². The molecular weight excluding hydrogens is 434 g/mol. The van der Waals surface area contributed by atoms with Gasteiger partial charge in [-0.3, -0.25) is 19.3 Å². The Morgan fingerprint density at radius 2 is 1.88 bits per heavy atom. The molecule has 3 atom stereocenters. The van der Waals surface area contributed by atoms with Gasteiger partial charge in [-0.15, -0.1) is 11.8 Å². The zero-order valence-corrected chi connectivity index (χ0v) is 19.2. The van der Waals surface area contributed by atoms with E-state index in [1.54, 1.807) is 52.0 Å². The van der Waals surface area contributed by atoms with Crippen LogP contribution >= 0.6 is 11.8 Å². The van der Waals surface area contributed by atoms with E-state index in [9.17, 15) is 19.2 Å². The van der Waals surface area contributed by atoms with Gasteiger partial charge in [-0.2, -0.15) is 0 Å². The van der Waals surface area contributed by atoms with Gasteiger partial charge in [-0.25, -0.2) is 4.79 Å². The fourth-order valence-electron chi connectivity index (χ4n) is 3.24. The molecule has 2 heterocycles. The highest BCUT2D eigenvalue weighted by Crippen LogP contribution is 2.40. The highest BCUT2D eigenvalue weighted by Gasteiger charge is 2.54. The highest BCUT2D eigenvalue weighted by molar-refractivity contribution is 8.00. The number of rotatable bonds is 6. The maximum atomic E-state index is 12.8. The molecule has 1 fully saturated rings. The van der Waals surface area contributed by atoms with Crippen molar-refractivity contribution in [2.45, 2.75) is 45.2 Å². The number of amides is 2. The number of thioether (sulfide) groups is 1. The van der Waals surface area contributed by atoms with Crippen LogP contribution in [0.1, 0.15) is 39.3 Å². The molecule has 10 heteroatoms. The lowest BCUT2D eigenvalue weighted by molar-refractivity contribution is -0.173. The molecule has 1 aromatic rings. The van der Waals surface area contributed by atoms with Gasteiger partial charge in [0.2, 0.25) is 12.7 Å². The average molecular weight is 462 g/mol. The first kappa shape index (κ1) is 23.8. The van der Waals surface area contributed by atoms with Gasteiger partial charge in [0.05, 0.1) is 5.41 Å². The van der Waals surface area contributed by atoms with E-state index in [1.807, 2.05) is 6.07 Å². The zero-order chi connectivity index (χ0) is 23.6. The van der Waals surface area contributed by atoms with Gasteiger partial charge in [0, 0.05) is 5.75 Å². The van der Waals surface area contributed by atoms with Crippen LogP contribution in [-0.2, 0) is 28.7 Å². The monoisotopic (exact) mass is 461 g/mol. The van der Waals surface area contributed by atoms with Crippen molar-refractivity contribution in [1.82, 2.24) is 10.2 Å². The Labute approximate surface area is 190 Å². The summed E-state index contributed by atoms with van der Waals surface area (Å²) in [4.78, 5) is 51.1. The fourth-order valence-corrected chi connectivity index (χ4v) is 4.53. The van der Waals surface area contributed by atoms with Crippen molar-refractivity contribution in [2.24, 2.45) is 11.1 Å². The summed E-state index contributed by atoms with van der Waals surface area (Å²) in [5.74, 6) is -1.68. The second kappa shape index (κ2) is 9.33. The number of carbonyl (C=O) groups excluding carboxylic acids is 4. The van der Waals surface area contributed by atoms with Crippen LogP contribution in [0.5, 0.6) is 0 Å². The summed E-state index contributed by atoms with van der Waals surface area (Å²) in [7, 11) is 0. The largest absolute Gasteiger partial charge is 0.427 e. The molecule has 2 amide bonds. The van der Waals surface area contributed by atoms with Crippen molar-refractivity contribution in [3.8, 4) is 0 Å². The molecule has 172 valence electrons. The lowest BCUT2D eigenvalue weighted by Crippen LogP contribution is -2.71. The van der Waals surface area contributed by atoms with Gasteiger partial charge in [0.15, 0.2) is 0 Å². The third kappa shape index (κ3) is 4.81. The Balaban J connectivity index is 1.62. The number of nitrogens with zero attached hydrogens (tertiary/aromatic N) is 1. The number of nitrogens with one attached hydrogen (secondary N) is 1. The van der Waals surface area contributed by atoms with Gasteiger partial charge in [0.1, 0.15) is 23.2 Å². The molecule has 0 aliphatic carbocycles. The Morgan fingerprint density at radius 3 is 2.50 bits per heavy atom. The minimum Gasteiger partial charge on any atom is -0.427 e. The molecular formula is C22H27N3O6S. The van der Waals surface area contributed by atoms with E-state index >= 15 is 0 Å². The van der Waals surface area contributed by atoms with Gasteiger partial charge < -0.3 is 20.5 Å². The van der Waals surface area contributed by atoms with E-state index in [0.717, 1.165) is 0 Å². The first-order valence-electron chi connectivity index (χ1n) is 10.1.